The Morgan fingerprint density at radius 3 is 2.59 bits per heavy atom. The van der Waals surface area contributed by atoms with Gasteiger partial charge in [0.1, 0.15) is 11.4 Å². The minimum atomic E-state index is -2.83. The molecule has 7 nitrogen and oxygen atoms in total. The first-order chi connectivity index (χ1) is 12.7. The maximum absolute atomic E-state index is 13.4. The number of aliphatic carboxylic acids is 1. The van der Waals surface area contributed by atoms with Gasteiger partial charge >= 0.3 is 5.97 Å². The molecule has 0 spiro atoms. The number of aromatic nitrogens is 2. The van der Waals surface area contributed by atoms with Crippen LogP contribution in [0.5, 0.6) is 5.75 Å². The lowest BCUT2D eigenvalue weighted by Crippen LogP contribution is -2.17. The number of hydrogen-bond acceptors (Lipinski definition) is 4. The fourth-order valence-corrected chi connectivity index (χ4v) is 2.49. The molecule has 2 N–H and O–H groups in total. The van der Waals surface area contributed by atoms with Crippen molar-refractivity contribution in [2.24, 2.45) is 5.92 Å². The average molecular weight is 381 g/mol. The van der Waals surface area contributed by atoms with E-state index in [9.17, 15) is 18.4 Å². The zero-order valence-electron chi connectivity index (χ0n) is 15.2. The molecule has 0 aliphatic carbocycles. The predicted octanol–water partition coefficient (Wildman–Crippen LogP) is 3.50. The molecule has 0 aliphatic heterocycles. The van der Waals surface area contributed by atoms with Gasteiger partial charge in [0.15, 0.2) is 6.61 Å². The Morgan fingerprint density at radius 1 is 1.33 bits per heavy atom. The van der Waals surface area contributed by atoms with Gasteiger partial charge in [-0.2, -0.15) is 5.10 Å². The van der Waals surface area contributed by atoms with Crippen LogP contribution in [0.3, 0.4) is 0 Å². The quantitative estimate of drug-likeness (QED) is 0.730. The summed E-state index contributed by atoms with van der Waals surface area (Å²) in [6.45, 7) is 5.21. The lowest BCUT2D eigenvalue weighted by atomic mass is 10.1. The maximum Gasteiger partial charge on any atom is 0.341 e. The fourth-order valence-electron chi connectivity index (χ4n) is 2.49. The van der Waals surface area contributed by atoms with Gasteiger partial charge in [-0.1, -0.05) is 13.8 Å². The number of nitrogens with one attached hydrogen (secondary N) is 1. The van der Waals surface area contributed by atoms with E-state index < -0.39 is 30.6 Å². The molecule has 0 aliphatic rings. The number of anilines is 1. The van der Waals surface area contributed by atoms with Crippen LogP contribution in [-0.2, 0) is 11.3 Å². The smallest absolute Gasteiger partial charge is 0.341 e. The molecule has 0 unspecified atom stereocenters. The molecule has 9 heteroatoms. The topological polar surface area (TPSA) is 93.4 Å². The van der Waals surface area contributed by atoms with E-state index in [1.807, 2.05) is 13.8 Å². The summed E-state index contributed by atoms with van der Waals surface area (Å²) in [7, 11) is 0. The SMILES string of the molecule is Cc1cc(OCC(=O)O)ccc1NC(=O)c1cnn(CC(C)C)c1C(F)F. The highest BCUT2D eigenvalue weighted by atomic mass is 19.3. The molecule has 0 saturated carbocycles. The number of carboxylic acids is 1. The van der Waals surface area contributed by atoms with Crippen LogP contribution in [0.25, 0.3) is 0 Å². The summed E-state index contributed by atoms with van der Waals surface area (Å²) < 4.78 is 33.1. The first-order valence-corrected chi connectivity index (χ1v) is 8.29. The van der Waals surface area contributed by atoms with Gasteiger partial charge in [-0.05, 0) is 36.6 Å². The van der Waals surface area contributed by atoms with Gasteiger partial charge in [-0.25, -0.2) is 13.6 Å². The van der Waals surface area contributed by atoms with Crippen LogP contribution >= 0.6 is 0 Å². The van der Waals surface area contributed by atoms with E-state index in [0.29, 0.717) is 17.0 Å². The van der Waals surface area contributed by atoms with Crippen molar-refractivity contribution in [2.75, 3.05) is 11.9 Å². The van der Waals surface area contributed by atoms with Gasteiger partial charge in [-0.3, -0.25) is 9.48 Å². The monoisotopic (exact) mass is 381 g/mol. The summed E-state index contributed by atoms with van der Waals surface area (Å²) >= 11 is 0. The number of carbonyl (C=O) groups excluding carboxylic acids is 1. The number of aryl methyl sites for hydroxylation is 1. The maximum atomic E-state index is 13.4. The van der Waals surface area contributed by atoms with E-state index in [1.54, 1.807) is 13.0 Å². The second-order valence-corrected chi connectivity index (χ2v) is 6.43. The number of nitrogens with zero attached hydrogens (tertiary/aromatic N) is 2. The number of amides is 1. The Bertz CT molecular complexity index is 834. The van der Waals surface area contributed by atoms with Crippen LogP contribution in [0.4, 0.5) is 14.5 Å². The zero-order chi connectivity index (χ0) is 20.1. The minimum absolute atomic E-state index is 0.0962. The third-order valence-electron chi connectivity index (χ3n) is 3.68. The molecule has 0 saturated heterocycles. The molecule has 0 radical (unpaired) electrons. The second kappa shape index (κ2) is 8.61. The third-order valence-corrected chi connectivity index (χ3v) is 3.68. The molecule has 1 amide bonds. The van der Waals surface area contributed by atoms with Crippen molar-refractivity contribution >= 4 is 17.6 Å². The lowest BCUT2D eigenvalue weighted by Gasteiger charge is -2.12. The largest absolute Gasteiger partial charge is 0.482 e. The highest BCUT2D eigenvalue weighted by Gasteiger charge is 2.25. The summed E-state index contributed by atoms with van der Waals surface area (Å²) in [5.74, 6) is -1.38. The van der Waals surface area contributed by atoms with E-state index in [0.717, 1.165) is 10.9 Å². The molecular weight excluding hydrogens is 360 g/mol. The minimum Gasteiger partial charge on any atom is -0.482 e. The molecule has 0 fully saturated rings. The van der Waals surface area contributed by atoms with Crippen LogP contribution < -0.4 is 10.1 Å². The van der Waals surface area contributed by atoms with Crippen LogP contribution in [0.2, 0.25) is 0 Å². The van der Waals surface area contributed by atoms with Crippen molar-refractivity contribution in [3.63, 3.8) is 0 Å². The van der Waals surface area contributed by atoms with Crippen molar-refractivity contribution in [2.45, 2.75) is 33.7 Å². The van der Waals surface area contributed by atoms with Crippen molar-refractivity contribution in [3.8, 4) is 5.75 Å². The van der Waals surface area contributed by atoms with Gasteiger partial charge in [0, 0.05) is 12.2 Å². The first kappa shape index (κ1) is 20.3. The Labute approximate surface area is 154 Å². The van der Waals surface area contributed by atoms with Crippen molar-refractivity contribution < 1.29 is 28.2 Å². The first-order valence-electron chi connectivity index (χ1n) is 8.29. The molecule has 1 aromatic heterocycles. The molecule has 2 rings (SSSR count). The number of hydrogen-bond donors (Lipinski definition) is 2. The van der Waals surface area contributed by atoms with Crippen LogP contribution in [0.15, 0.2) is 24.4 Å². The van der Waals surface area contributed by atoms with E-state index >= 15 is 0 Å². The molecule has 0 atom stereocenters. The van der Waals surface area contributed by atoms with Crippen LogP contribution in [-0.4, -0.2) is 33.4 Å². The summed E-state index contributed by atoms with van der Waals surface area (Å²) in [4.78, 5) is 23.0. The third kappa shape index (κ3) is 5.25. The van der Waals surface area contributed by atoms with Gasteiger partial charge in [-0.15, -0.1) is 0 Å². The average Bonchev–Trinajstić information content (AvgIpc) is 2.98. The van der Waals surface area contributed by atoms with Gasteiger partial charge < -0.3 is 15.2 Å². The number of alkyl halides is 2. The van der Waals surface area contributed by atoms with E-state index in [1.165, 1.54) is 12.1 Å². The molecule has 27 heavy (non-hydrogen) atoms. The lowest BCUT2D eigenvalue weighted by molar-refractivity contribution is -0.139. The Morgan fingerprint density at radius 2 is 2.04 bits per heavy atom. The van der Waals surface area contributed by atoms with E-state index in [4.69, 9.17) is 9.84 Å². The normalized spacial score (nSPS) is 11.1. The number of rotatable bonds is 8. The zero-order valence-corrected chi connectivity index (χ0v) is 15.2. The van der Waals surface area contributed by atoms with Crippen molar-refractivity contribution in [3.05, 3.63) is 41.2 Å². The van der Waals surface area contributed by atoms with Crippen molar-refractivity contribution in [1.29, 1.82) is 0 Å². The van der Waals surface area contributed by atoms with E-state index in [-0.39, 0.29) is 18.0 Å². The number of ether oxygens (including phenoxy) is 1. The summed E-state index contributed by atoms with van der Waals surface area (Å²) in [5, 5.41) is 15.1. The number of benzene rings is 1. The highest BCUT2D eigenvalue weighted by molar-refractivity contribution is 6.05. The number of carboxylic acid groups (broad SMARTS) is 1. The van der Waals surface area contributed by atoms with Gasteiger partial charge in [0.25, 0.3) is 12.3 Å². The predicted molar refractivity (Wildman–Crippen MR) is 94.3 cm³/mol. The number of halogens is 2. The Kier molecular flexibility index (Phi) is 6.49. The Hall–Kier alpha value is -2.97. The molecule has 2 aromatic rings. The summed E-state index contributed by atoms with van der Waals surface area (Å²) in [6.07, 6.45) is -1.70. The fraction of sp³-hybridized carbons (Fsp3) is 0.389. The Balaban J connectivity index is 2.20. The molecule has 146 valence electrons. The van der Waals surface area contributed by atoms with Gasteiger partial charge in [0.2, 0.25) is 0 Å². The molecule has 0 bridgehead atoms. The second-order valence-electron chi connectivity index (χ2n) is 6.43. The molecule has 1 heterocycles. The molecule has 1 aromatic carbocycles. The highest BCUT2D eigenvalue weighted by Crippen LogP contribution is 2.26. The number of carbonyl (C=O) groups is 2. The van der Waals surface area contributed by atoms with Gasteiger partial charge in [0.05, 0.1) is 11.8 Å². The molecular formula is C18H21F2N3O4. The summed E-state index contributed by atoms with van der Waals surface area (Å²) in [5.41, 5.74) is 0.399. The summed E-state index contributed by atoms with van der Waals surface area (Å²) in [6, 6.07) is 4.56. The van der Waals surface area contributed by atoms with Crippen LogP contribution in [0.1, 0.15) is 41.9 Å². The van der Waals surface area contributed by atoms with Crippen molar-refractivity contribution in [1.82, 2.24) is 9.78 Å². The van der Waals surface area contributed by atoms with E-state index in [2.05, 4.69) is 10.4 Å². The van der Waals surface area contributed by atoms with Crippen LogP contribution in [0, 0.1) is 12.8 Å². The standard InChI is InChI=1S/C18H21F2N3O4/c1-10(2)8-23-16(17(19)20)13(7-21-23)18(26)22-14-5-4-12(6-11(14)3)27-9-15(24)25/h4-7,10,17H,8-9H2,1-3H3,(H,22,26)(H,24,25).